The number of ether oxygens (including phenoxy) is 1. The molecule has 6 nitrogen and oxygen atoms in total. The number of benzene rings is 2. The number of anilines is 3. The van der Waals surface area contributed by atoms with E-state index >= 15 is 0 Å². The minimum Gasteiger partial charge on any atom is -0.497 e. The summed E-state index contributed by atoms with van der Waals surface area (Å²) in [7, 11) is 1.63. The highest BCUT2D eigenvalue weighted by molar-refractivity contribution is 6.30. The quantitative estimate of drug-likeness (QED) is 0.669. The first-order valence-electron chi connectivity index (χ1n) is 7.82. The number of rotatable bonds is 7. The Kier molecular flexibility index (Phi) is 5.64. The summed E-state index contributed by atoms with van der Waals surface area (Å²) in [6.07, 6.45) is 2.43. The van der Waals surface area contributed by atoms with Crippen molar-refractivity contribution in [1.29, 1.82) is 0 Å². The summed E-state index contributed by atoms with van der Waals surface area (Å²) >= 11 is 5.99. The molecule has 7 heteroatoms. The molecule has 0 atom stereocenters. The van der Waals surface area contributed by atoms with Crippen molar-refractivity contribution in [2.45, 2.75) is 6.42 Å². The van der Waals surface area contributed by atoms with Crippen LogP contribution in [0, 0.1) is 0 Å². The lowest BCUT2D eigenvalue weighted by Gasteiger charge is -2.08. The number of nitrogens with zero attached hydrogens (tertiary/aromatic N) is 3. The summed E-state index contributed by atoms with van der Waals surface area (Å²) in [6, 6.07) is 15.3. The molecule has 2 aromatic carbocycles. The second kappa shape index (κ2) is 8.30. The third kappa shape index (κ3) is 5.06. The van der Waals surface area contributed by atoms with Crippen LogP contribution < -0.4 is 15.4 Å². The van der Waals surface area contributed by atoms with Gasteiger partial charge in [0.15, 0.2) is 5.82 Å². The van der Waals surface area contributed by atoms with Crippen LogP contribution in [-0.4, -0.2) is 28.8 Å². The van der Waals surface area contributed by atoms with Gasteiger partial charge in [0, 0.05) is 23.3 Å². The molecule has 0 fully saturated rings. The maximum atomic E-state index is 5.99. The van der Waals surface area contributed by atoms with Crippen molar-refractivity contribution in [3.63, 3.8) is 0 Å². The lowest BCUT2D eigenvalue weighted by atomic mass is 10.1. The molecular formula is C18H18ClN5O. The smallest absolute Gasteiger partial charge is 0.249 e. The van der Waals surface area contributed by atoms with Gasteiger partial charge in [-0.1, -0.05) is 29.8 Å². The van der Waals surface area contributed by atoms with Gasteiger partial charge in [-0.05, 0) is 36.2 Å². The van der Waals surface area contributed by atoms with E-state index in [0.717, 1.165) is 35.0 Å². The number of nitrogens with one attached hydrogen (secondary N) is 2. The van der Waals surface area contributed by atoms with Gasteiger partial charge < -0.3 is 15.4 Å². The largest absolute Gasteiger partial charge is 0.497 e. The van der Waals surface area contributed by atoms with Gasteiger partial charge in [0.1, 0.15) is 5.75 Å². The average molecular weight is 356 g/mol. The molecule has 3 rings (SSSR count). The molecule has 0 spiro atoms. The van der Waals surface area contributed by atoms with Crippen molar-refractivity contribution in [2.75, 3.05) is 24.3 Å². The van der Waals surface area contributed by atoms with Gasteiger partial charge >= 0.3 is 0 Å². The predicted octanol–water partition coefficient (Wildman–Crippen LogP) is 3.93. The minimum absolute atomic E-state index is 0.418. The van der Waals surface area contributed by atoms with E-state index in [9.17, 15) is 0 Å². The Morgan fingerprint density at radius 3 is 2.84 bits per heavy atom. The van der Waals surface area contributed by atoms with Crippen LogP contribution in [0.4, 0.5) is 17.5 Å². The second-order valence-electron chi connectivity index (χ2n) is 5.33. The van der Waals surface area contributed by atoms with Crippen LogP contribution in [0.25, 0.3) is 0 Å². The molecule has 0 saturated carbocycles. The van der Waals surface area contributed by atoms with Crippen molar-refractivity contribution < 1.29 is 4.74 Å². The zero-order valence-electron chi connectivity index (χ0n) is 13.7. The molecule has 0 bridgehead atoms. The van der Waals surface area contributed by atoms with Crippen molar-refractivity contribution >= 4 is 29.1 Å². The molecule has 0 saturated heterocycles. The number of halogens is 1. The predicted molar refractivity (Wildman–Crippen MR) is 99.7 cm³/mol. The standard InChI is InChI=1S/C18H18ClN5O/c1-25-16-7-3-6-15(11-16)22-18-23-17(12-21-24-18)20-9-8-13-4-2-5-14(19)10-13/h2-7,10-12H,8-9H2,1H3,(H2,20,22,23,24). The summed E-state index contributed by atoms with van der Waals surface area (Å²) in [6.45, 7) is 0.720. The Labute approximate surface area is 151 Å². The summed E-state index contributed by atoms with van der Waals surface area (Å²) in [5.41, 5.74) is 1.99. The zero-order chi connectivity index (χ0) is 17.5. The van der Waals surface area contributed by atoms with Gasteiger partial charge in [-0.15, -0.1) is 5.10 Å². The fourth-order valence-corrected chi connectivity index (χ4v) is 2.51. The Hall–Kier alpha value is -2.86. The maximum Gasteiger partial charge on any atom is 0.249 e. The van der Waals surface area contributed by atoms with Crippen LogP contribution in [0.15, 0.2) is 54.7 Å². The van der Waals surface area contributed by atoms with Gasteiger partial charge in [0.2, 0.25) is 5.95 Å². The van der Waals surface area contributed by atoms with E-state index in [1.807, 2.05) is 48.5 Å². The lowest BCUT2D eigenvalue weighted by molar-refractivity contribution is 0.415. The second-order valence-corrected chi connectivity index (χ2v) is 5.77. The first kappa shape index (κ1) is 17.0. The van der Waals surface area contributed by atoms with Gasteiger partial charge in [-0.2, -0.15) is 10.1 Å². The molecule has 25 heavy (non-hydrogen) atoms. The van der Waals surface area contributed by atoms with Crippen molar-refractivity contribution in [2.24, 2.45) is 0 Å². The molecule has 1 heterocycles. The van der Waals surface area contributed by atoms with Crippen molar-refractivity contribution in [3.8, 4) is 5.75 Å². The highest BCUT2D eigenvalue weighted by Crippen LogP contribution is 2.19. The van der Waals surface area contributed by atoms with Gasteiger partial charge in [0.05, 0.1) is 13.3 Å². The zero-order valence-corrected chi connectivity index (χ0v) is 14.5. The molecule has 0 radical (unpaired) electrons. The molecule has 0 aliphatic carbocycles. The van der Waals surface area contributed by atoms with Crippen LogP contribution in [0.1, 0.15) is 5.56 Å². The number of aromatic nitrogens is 3. The van der Waals surface area contributed by atoms with Crippen molar-refractivity contribution in [3.05, 3.63) is 65.3 Å². The van der Waals surface area contributed by atoms with E-state index in [2.05, 4.69) is 25.8 Å². The van der Waals surface area contributed by atoms with E-state index < -0.39 is 0 Å². The Morgan fingerprint density at radius 2 is 2.00 bits per heavy atom. The van der Waals surface area contributed by atoms with Crippen molar-refractivity contribution in [1.82, 2.24) is 15.2 Å². The molecule has 128 valence electrons. The normalized spacial score (nSPS) is 10.3. The van der Waals surface area contributed by atoms with Crippen LogP contribution in [0.2, 0.25) is 5.02 Å². The maximum absolute atomic E-state index is 5.99. The molecule has 0 amide bonds. The van der Waals surface area contributed by atoms with Gasteiger partial charge in [-0.3, -0.25) is 0 Å². The van der Waals surface area contributed by atoms with Crippen LogP contribution in [0.5, 0.6) is 5.75 Å². The fraction of sp³-hybridized carbons (Fsp3) is 0.167. The molecule has 0 unspecified atom stereocenters. The van der Waals surface area contributed by atoms with Gasteiger partial charge in [0.25, 0.3) is 0 Å². The lowest BCUT2D eigenvalue weighted by Crippen LogP contribution is -2.08. The summed E-state index contributed by atoms with van der Waals surface area (Å²) < 4.78 is 5.20. The fourth-order valence-electron chi connectivity index (χ4n) is 2.30. The summed E-state index contributed by atoms with van der Waals surface area (Å²) in [5, 5.41) is 15.1. The number of hydrogen-bond acceptors (Lipinski definition) is 6. The Bertz CT molecular complexity index is 843. The van der Waals surface area contributed by atoms with Crippen LogP contribution in [0.3, 0.4) is 0 Å². The van der Waals surface area contributed by atoms with E-state index in [4.69, 9.17) is 16.3 Å². The van der Waals surface area contributed by atoms with Crippen LogP contribution in [-0.2, 0) is 6.42 Å². The first-order valence-corrected chi connectivity index (χ1v) is 8.20. The summed E-state index contributed by atoms with van der Waals surface area (Å²) in [4.78, 5) is 4.41. The Morgan fingerprint density at radius 1 is 1.12 bits per heavy atom. The van der Waals surface area contributed by atoms with E-state index in [-0.39, 0.29) is 0 Å². The summed E-state index contributed by atoms with van der Waals surface area (Å²) in [5.74, 6) is 1.83. The SMILES string of the molecule is COc1cccc(Nc2nncc(NCCc3cccc(Cl)c3)n2)c1. The Balaban J connectivity index is 1.59. The molecule has 1 aromatic heterocycles. The molecule has 2 N–H and O–H groups in total. The monoisotopic (exact) mass is 355 g/mol. The third-order valence-electron chi connectivity index (χ3n) is 3.49. The molecule has 0 aliphatic heterocycles. The van der Waals surface area contributed by atoms with E-state index in [1.165, 1.54) is 0 Å². The van der Waals surface area contributed by atoms with Crippen LogP contribution >= 0.6 is 11.6 Å². The topological polar surface area (TPSA) is 72.0 Å². The average Bonchev–Trinajstić information content (AvgIpc) is 2.62. The first-order chi connectivity index (χ1) is 12.2. The highest BCUT2D eigenvalue weighted by Gasteiger charge is 2.03. The molecular weight excluding hydrogens is 338 g/mol. The number of hydrogen-bond donors (Lipinski definition) is 2. The minimum atomic E-state index is 0.418. The third-order valence-corrected chi connectivity index (χ3v) is 3.73. The van der Waals surface area contributed by atoms with E-state index in [1.54, 1.807) is 13.3 Å². The highest BCUT2D eigenvalue weighted by atomic mass is 35.5. The molecule has 3 aromatic rings. The number of methoxy groups -OCH3 is 1. The van der Waals surface area contributed by atoms with Gasteiger partial charge in [-0.25, -0.2) is 0 Å². The molecule has 0 aliphatic rings. The van der Waals surface area contributed by atoms with E-state index in [0.29, 0.717) is 11.8 Å².